The number of hydrogen-bond acceptors (Lipinski definition) is 6. The third-order valence-corrected chi connectivity index (χ3v) is 5.13. The van der Waals surface area contributed by atoms with Gasteiger partial charge in [0.25, 0.3) is 0 Å². The predicted octanol–water partition coefficient (Wildman–Crippen LogP) is 1.89. The first-order chi connectivity index (χ1) is 11.7. The van der Waals surface area contributed by atoms with Crippen molar-refractivity contribution in [2.24, 2.45) is 10.7 Å². The van der Waals surface area contributed by atoms with E-state index in [4.69, 9.17) is 10.3 Å². The van der Waals surface area contributed by atoms with Gasteiger partial charge in [-0.05, 0) is 6.42 Å². The maximum absolute atomic E-state index is 6.21. The molecule has 0 bridgehead atoms. The normalized spacial score (nSPS) is 16.0. The highest BCUT2D eigenvalue weighted by molar-refractivity contribution is 7.13. The van der Waals surface area contributed by atoms with Crippen LogP contribution < -0.4 is 10.6 Å². The maximum Gasteiger partial charge on any atom is 0.191 e. The van der Waals surface area contributed by atoms with Crippen molar-refractivity contribution < 1.29 is 4.52 Å². The van der Waals surface area contributed by atoms with E-state index in [0.717, 1.165) is 61.2 Å². The number of rotatable bonds is 5. The summed E-state index contributed by atoms with van der Waals surface area (Å²) in [5.41, 5.74) is 8.28. The van der Waals surface area contributed by atoms with Gasteiger partial charge in [-0.25, -0.2) is 9.98 Å². The van der Waals surface area contributed by atoms with Gasteiger partial charge in [0.2, 0.25) is 0 Å². The largest absolute Gasteiger partial charge is 0.370 e. The summed E-state index contributed by atoms with van der Waals surface area (Å²) in [5, 5.41) is 7.21. The van der Waals surface area contributed by atoms with Crippen molar-refractivity contribution in [2.75, 3.05) is 31.1 Å². The second-order valence-electron chi connectivity index (χ2n) is 5.70. The smallest absolute Gasteiger partial charge is 0.191 e. The van der Waals surface area contributed by atoms with E-state index in [-0.39, 0.29) is 0 Å². The zero-order valence-electron chi connectivity index (χ0n) is 14.2. The molecule has 1 fully saturated rings. The van der Waals surface area contributed by atoms with Crippen LogP contribution in [0.2, 0.25) is 0 Å². The highest BCUT2D eigenvalue weighted by atomic mass is 32.1. The molecule has 7 nitrogen and oxygen atoms in total. The summed E-state index contributed by atoms with van der Waals surface area (Å²) < 4.78 is 5.38. The molecule has 0 saturated carbocycles. The van der Waals surface area contributed by atoms with Gasteiger partial charge in [-0.2, -0.15) is 0 Å². The number of thiazole rings is 1. The quantitative estimate of drug-likeness (QED) is 0.656. The molecule has 1 aliphatic heterocycles. The Balaban J connectivity index is 1.60. The molecule has 1 saturated heterocycles. The van der Waals surface area contributed by atoms with Crippen molar-refractivity contribution in [3.63, 3.8) is 0 Å². The number of piperazine rings is 1. The fourth-order valence-corrected chi connectivity index (χ4v) is 3.57. The van der Waals surface area contributed by atoms with Gasteiger partial charge in [0.15, 0.2) is 11.1 Å². The molecular formula is C16H24N6OS. The molecule has 3 heterocycles. The van der Waals surface area contributed by atoms with E-state index in [2.05, 4.69) is 38.8 Å². The van der Waals surface area contributed by atoms with Gasteiger partial charge in [0.1, 0.15) is 5.76 Å². The molecule has 3 rings (SSSR count). The Hall–Kier alpha value is -2.09. The molecule has 8 heteroatoms. The lowest BCUT2D eigenvalue weighted by Crippen LogP contribution is -2.51. The average molecular weight is 348 g/mol. The molecule has 1 aliphatic rings. The van der Waals surface area contributed by atoms with Crippen molar-refractivity contribution in [2.45, 2.75) is 33.2 Å². The molecule has 130 valence electrons. The van der Waals surface area contributed by atoms with Crippen LogP contribution in [0.3, 0.4) is 0 Å². The van der Waals surface area contributed by atoms with E-state index in [1.54, 1.807) is 11.3 Å². The van der Waals surface area contributed by atoms with Crippen LogP contribution >= 0.6 is 11.3 Å². The van der Waals surface area contributed by atoms with Crippen LogP contribution in [-0.2, 0) is 19.4 Å². The molecule has 0 aliphatic carbocycles. The van der Waals surface area contributed by atoms with Crippen LogP contribution in [0.5, 0.6) is 0 Å². The minimum absolute atomic E-state index is 0.536. The Morgan fingerprint density at radius 1 is 1.29 bits per heavy atom. The second-order valence-corrected chi connectivity index (χ2v) is 6.57. The summed E-state index contributed by atoms with van der Waals surface area (Å²) in [6.45, 7) is 8.23. The van der Waals surface area contributed by atoms with Gasteiger partial charge in [0.05, 0.1) is 12.2 Å². The molecule has 2 aromatic rings. The Morgan fingerprint density at radius 2 is 2.08 bits per heavy atom. The molecule has 0 amide bonds. The van der Waals surface area contributed by atoms with Crippen molar-refractivity contribution >= 4 is 22.4 Å². The van der Waals surface area contributed by atoms with Crippen molar-refractivity contribution in [3.8, 4) is 0 Å². The monoisotopic (exact) mass is 348 g/mol. The maximum atomic E-state index is 6.21. The van der Waals surface area contributed by atoms with E-state index in [9.17, 15) is 0 Å². The zero-order valence-corrected chi connectivity index (χ0v) is 15.1. The number of nitrogens with two attached hydrogens (primary N) is 1. The minimum atomic E-state index is 0.536. The summed E-state index contributed by atoms with van der Waals surface area (Å²) in [7, 11) is 0. The Morgan fingerprint density at radius 3 is 2.71 bits per heavy atom. The topological polar surface area (TPSA) is 83.8 Å². The lowest BCUT2D eigenvalue weighted by atomic mass is 10.1. The number of aromatic nitrogens is 2. The second kappa shape index (κ2) is 7.65. The summed E-state index contributed by atoms with van der Waals surface area (Å²) in [5.74, 6) is 1.51. The van der Waals surface area contributed by atoms with E-state index in [0.29, 0.717) is 12.5 Å². The van der Waals surface area contributed by atoms with Gasteiger partial charge in [-0.3, -0.25) is 0 Å². The average Bonchev–Trinajstić information content (AvgIpc) is 3.29. The molecule has 0 spiro atoms. The van der Waals surface area contributed by atoms with E-state index >= 15 is 0 Å². The number of guanidine groups is 1. The Bertz CT molecular complexity index is 651. The molecule has 0 unspecified atom stereocenters. The van der Waals surface area contributed by atoms with Crippen molar-refractivity contribution in [3.05, 3.63) is 28.6 Å². The number of anilines is 1. The van der Waals surface area contributed by atoms with Crippen LogP contribution in [0.4, 0.5) is 5.13 Å². The van der Waals surface area contributed by atoms with Gasteiger partial charge < -0.3 is 20.1 Å². The van der Waals surface area contributed by atoms with Gasteiger partial charge in [-0.1, -0.05) is 19.0 Å². The van der Waals surface area contributed by atoms with Gasteiger partial charge in [0, 0.05) is 49.7 Å². The van der Waals surface area contributed by atoms with E-state index in [1.807, 2.05) is 11.6 Å². The van der Waals surface area contributed by atoms with Crippen LogP contribution in [0, 0.1) is 0 Å². The summed E-state index contributed by atoms with van der Waals surface area (Å²) in [6, 6.07) is 0. The van der Waals surface area contributed by atoms with E-state index in [1.165, 1.54) is 0 Å². The third-order valence-electron chi connectivity index (χ3n) is 4.30. The number of hydrogen-bond donors (Lipinski definition) is 1. The molecule has 2 N–H and O–H groups in total. The Labute approximate surface area is 146 Å². The van der Waals surface area contributed by atoms with Crippen molar-refractivity contribution in [1.82, 2.24) is 15.0 Å². The number of aryl methyl sites for hydroxylation is 2. The fraction of sp³-hybridized carbons (Fsp3) is 0.562. The van der Waals surface area contributed by atoms with E-state index < -0.39 is 0 Å². The van der Waals surface area contributed by atoms with Crippen LogP contribution in [0.15, 0.2) is 21.1 Å². The molecule has 0 atom stereocenters. The van der Waals surface area contributed by atoms with Crippen LogP contribution in [-0.4, -0.2) is 47.2 Å². The SMILES string of the molecule is CCc1noc(CC)c1CN=C(N)N1CCN(c2nccs2)CC1. The molecule has 0 aromatic carbocycles. The van der Waals surface area contributed by atoms with Gasteiger partial charge in [-0.15, -0.1) is 11.3 Å². The third kappa shape index (κ3) is 3.53. The van der Waals surface area contributed by atoms with Gasteiger partial charge >= 0.3 is 0 Å². The minimum Gasteiger partial charge on any atom is -0.370 e. The molecular weight excluding hydrogens is 324 g/mol. The zero-order chi connectivity index (χ0) is 16.9. The molecule has 2 aromatic heterocycles. The number of aliphatic imine (C=N–C) groups is 1. The number of nitrogens with zero attached hydrogens (tertiary/aromatic N) is 5. The first-order valence-electron chi connectivity index (χ1n) is 8.38. The fourth-order valence-electron chi connectivity index (χ4n) is 2.88. The highest BCUT2D eigenvalue weighted by Gasteiger charge is 2.20. The first kappa shape index (κ1) is 16.8. The van der Waals surface area contributed by atoms with Crippen molar-refractivity contribution in [1.29, 1.82) is 0 Å². The molecule has 0 radical (unpaired) electrons. The lowest BCUT2D eigenvalue weighted by Gasteiger charge is -2.35. The lowest BCUT2D eigenvalue weighted by molar-refractivity contribution is 0.378. The first-order valence-corrected chi connectivity index (χ1v) is 9.26. The van der Waals surface area contributed by atoms with Crippen LogP contribution in [0.25, 0.3) is 0 Å². The molecule has 24 heavy (non-hydrogen) atoms. The summed E-state index contributed by atoms with van der Waals surface area (Å²) >= 11 is 1.67. The highest BCUT2D eigenvalue weighted by Crippen LogP contribution is 2.19. The Kier molecular flexibility index (Phi) is 5.34. The summed E-state index contributed by atoms with van der Waals surface area (Å²) in [6.07, 6.45) is 3.52. The predicted molar refractivity (Wildman–Crippen MR) is 96.5 cm³/mol. The summed E-state index contributed by atoms with van der Waals surface area (Å²) in [4.78, 5) is 13.4. The standard InChI is InChI=1S/C16H24N6OS/c1-3-13-12(14(4-2)23-20-13)11-19-15(17)21-6-8-22(9-7-21)16-18-5-10-24-16/h5,10H,3-4,6-9,11H2,1-2H3,(H2,17,19). The van der Waals surface area contributed by atoms with Crippen LogP contribution in [0.1, 0.15) is 30.9 Å².